The monoisotopic (exact) mass is 409 g/mol. The molecule has 0 aliphatic carbocycles. The van der Waals surface area contributed by atoms with Crippen LogP contribution in [0.15, 0.2) is 121 Å². The Bertz CT molecular complexity index is 814. The first-order valence-corrected chi connectivity index (χ1v) is 13.4. The van der Waals surface area contributed by atoms with Crippen molar-refractivity contribution in [2.75, 3.05) is 0 Å². The van der Waals surface area contributed by atoms with Crippen LogP contribution in [0.5, 0.6) is 0 Å². The number of hydrogen-bond acceptors (Lipinski definition) is 1. The molecule has 0 heterocycles. The van der Waals surface area contributed by atoms with E-state index in [0.717, 1.165) is 0 Å². The molecular formula is C26H27NSi2. The Morgan fingerprint density at radius 2 is 0.621 bits per heavy atom. The molecule has 1 N–H and O–H groups in total. The summed E-state index contributed by atoms with van der Waals surface area (Å²) in [5.41, 5.74) is 6.76. The summed E-state index contributed by atoms with van der Waals surface area (Å²) in [6.45, 7) is 0. The summed E-state index contributed by atoms with van der Waals surface area (Å²) in [5.74, 6) is 0. The van der Waals surface area contributed by atoms with E-state index in [9.17, 15) is 0 Å². The Balaban J connectivity index is 1.53. The average molecular weight is 410 g/mol. The Kier molecular flexibility index (Phi) is 6.87. The zero-order chi connectivity index (χ0) is 19.7. The molecule has 0 fully saturated rings. The summed E-state index contributed by atoms with van der Waals surface area (Å²) < 4.78 is 4.06. The van der Waals surface area contributed by atoms with E-state index < -0.39 is 19.4 Å². The second kappa shape index (κ2) is 10.2. The van der Waals surface area contributed by atoms with Gasteiger partial charge in [-0.2, -0.15) is 0 Å². The molecular weight excluding hydrogens is 382 g/mol. The maximum Gasteiger partial charge on any atom is 0.0968 e. The molecule has 0 unspecified atom stereocenters. The summed E-state index contributed by atoms with van der Waals surface area (Å²) in [7, 11) is -1.02. The molecule has 29 heavy (non-hydrogen) atoms. The first-order chi connectivity index (χ1) is 14.4. The van der Waals surface area contributed by atoms with Crippen LogP contribution in [0.3, 0.4) is 0 Å². The van der Waals surface area contributed by atoms with Crippen molar-refractivity contribution in [3.8, 4) is 0 Å². The highest BCUT2D eigenvalue weighted by atomic mass is 28.3. The summed E-state index contributed by atoms with van der Waals surface area (Å²) in [6.07, 6.45) is 0. The van der Waals surface area contributed by atoms with Gasteiger partial charge in [-0.3, -0.25) is 0 Å². The fourth-order valence-electron chi connectivity index (χ4n) is 3.97. The van der Waals surface area contributed by atoms with E-state index in [-0.39, 0.29) is 0 Å². The van der Waals surface area contributed by atoms with E-state index in [2.05, 4.69) is 126 Å². The van der Waals surface area contributed by atoms with Gasteiger partial charge in [-0.05, 0) is 22.3 Å². The van der Waals surface area contributed by atoms with Gasteiger partial charge >= 0.3 is 0 Å². The largest absolute Gasteiger partial charge is 0.368 e. The van der Waals surface area contributed by atoms with E-state index in [1.165, 1.54) is 22.3 Å². The van der Waals surface area contributed by atoms with Gasteiger partial charge in [-0.25, -0.2) is 0 Å². The fraction of sp³-hybridized carbons (Fsp3) is 0.0769. The summed E-state index contributed by atoms with van der Waals surface area (Å²) in [6, 6.07) is 43.9. The van der Waals surface area contributed by atoms with Gasteiger partial charge in [0.25, 0.3) is 0 Å². The van der Waals surface area contributed by atoms with Crippen LogP contribution >= 0.6 is 0 Å². The first kappa shape index (κ1) is 19.6. The molecule has 144 valence electrons. The first-order valence-electron chi connectivity index (χ1n) is 10.3. The fourth-order valence-corrected chi connectivity index (χ4v) is 8.98. The summed E-state index contributed by atoms with van der Waals surface area (Å²) in [5, 5.41) is 0. The van der Waals surface area contributed by atoms with Crippen molar-refractivity contribution < 1.29 is 0 Å². The van der Waals surface area contributed by atoms with Crippen molar-refractivity contribution >= 4 is 19.4 Å². The highest BCUT2D eigenvalue weighted by Crippen LogP contribution is 2.25. The predicted octanol–water partition coefficient (Wildman–Crippen LogP) is 4.32. The quantitative estimate of drug-likeness (QED) is 0.427. The number of nitrogens with one attached hydrogen (secondary N) is 1. The van der Waals surface area contributed by atoms with Crippen molar-refractivity contribution in [2.45, 2.75) is 11.1 Å². The van der Waals surface area contributed by atoms with Crippen LogP contribution in [0, 0.1) is 0 Å². The molecule has 0 saturated heterocycles. The molecule has 0 saturated carbocycles. The molecule has 0 bridgehead atoms. The lowest BCUT2D eigenvalue weighted by atomic mass is 10.0. The normalized spacial score (nSPS) is 11.9. The molecule has 0 aliphatic heterocycles. The van der Waals surface area contributed by atoms with Gasteiger partial charge in [0.15, 0.2) is 0 Å². The Morgan fingerprint density at radius 3 is 0.862 bits per heavy atom. The van der Waals surface area contributed by atoms with Gasteiger partial charge in [0.2, 0.25) is 0 Å². The van der Waals surface area contributed by atoms with E-state index in [1.807, 2.05) is 0 Å². The second-order valence-corrected chi connectivity index (χ2v) is 11.9. The topological polar surface area (TPSA) is 12.0 Å². The lowest BCUT2D eigenvalue weighted by molar-refractivity contribution is 1.08. The third-order valence-electron chi connectivity index (χ3n) is 5.50. The van der Waals surface area contributed by atoms with Crippen LogP contribution in [0.2, 0.25) is 0 Å². The third kappa shape index (κ3) is 5.21. The maximum atomic E-state index is 4.06. The lowest BCUT2D eigenvalue weighted by Crippen LogP contribution is -2.34. The third-order valence-corrected chi connectivity index (χ3v) is 10.5. The molecule has 4 rings (SSSR count). The van der Waals surface area contributed by atoms with Gasteiger partial charge in [-0.15, -0.1) is 0 Å². The Hall–Kier alpha value is -2.73. The standard InChI is InChI=1S/C26H27NSi2/c1-5-13-21(14-6-1)25(22-15-7-2-8-16-22)28-27-29-26(23-17-9-3-10-18-23)24-19-11-4-12-20-24/h1-20,25-27H,28-29H2. The van der Waals surface area contributed by atoms with E-state index in [4.69, 9.17) is 0 Å². The van der Waals surface area contributed by atoms with Crippen LogP contribution in [0.25, 0.3) is 0 Å². The predicted molar refractivity (Wildman–Crippen MR) is 130 cm³/mol. The van der Waals surface area contributed by atoms with Gasteiger partial charge in [0, 0.05) is 11.1 Å². The van der Waals surface area contributed by atoms with E-state index >= 15 is 0 Å². The van der Waals surface area contributed by atoms with Crippen LogP contribution in [0.1, 0.15) is 33.3 Å². The SMILES string of the molecule is c1ccc(C([SiH2]N[SiH2]C(c2ccccc2)c2ccccc2)c2ccccc2)cc1. The van der Waals surface area contributed by atoms with Crippen LogP contribution in [-0.4, -0.2) is 19.4 Å². The minimum atomic E-state index is -0.512. The zero-order valence-corrected chi connectivity index (χ0v) is 19.4. The summed E-state index contributed by atoms with van der Waals surface area (Å²) in [4.78, 5) is 0. The number of rotatable bonds is 8. The highest BCUT2D eigenvalue weighted by Gasteiger charge is 2.18. The second-order valence-electron chi connectivity index (χ2n) is 7.41. The molecule has 0 atom stereocenters. The van der Waals surface area contributed by atoms with Crippen molar-refractivity contribution in [1.82, 2.24) is 4.65 Å². The zero-order valence-electron chi connectivity index (χ0n) is 16.6. The molecule has 4 aromatic rings. The maximum absolute atomic E-state index is 4.06. The summed E-state index contributed by atoms with van der Waals surface area (Å²) >= 11 is 0. The molecule has 1 nitrogen and oxygen atoms in total. The molecule has 0 aliphatic rings. The van der Waals surface area contributed by atoms with Gasteiger partial charge in [0.05, 0.1) is 19.4 Å². The van der Waals surface area contributed by atoms with E-state index in [1.54, 1.807) is 0 Å². The van der Waals surface area contributed by atoms with Crippen molar-refractivity contribution in [3.05, 3.63) is 144 Å². The van der Waals surface area contributed by atoms with Crippen molar-refractivity contribution in [1.29, 1.82) is 0 Å². The minimum absolute atomic E-state index is 0.511. The molecule has 0 amide bonds. The van der Waals surface area contributed by atoms with E-state index in [0.29, 0.717) is 11.1 Å². The number of benzene rings is 4. The molecule has 3 heteroatoms. The van der Waals surface area contributed by atoms with Crippen molar-refractivity contribution in [3.63, 3.8) is 0 Å². The molecule has 4 aromatic carbocycles. The molecule has 0 spiro atoms. The highest BCUT2D eigenvalue weighted by molar-refractivity contribution is 6.53. The lowest BCUT2D eigenvalue weighted by Gasteiger charge is -2.22. The molecule has 0 radical (unpaired) electrons. The minimum Gasteiger partial charge on any atom is -0.368 e. The smallest absolute Gasteiger partial charge is 0.0968 e. The average Bonchev–Trinajstić information content (AvgIpc) is 2.81. The van der Waals surface area contributed by atoms with Crippen LogP contribution in [0.4, 0.5) is 0 Å². The van der Waals surface area contributed by atoms with Crippen LogP contribution < -0.4 is 4.65 Å². The molecule has 0 aromatic heterocycles. The Morgan fingerprint density at radius 1 is 0.379 bits per heavy atom. The van der Waals surface area contributed by atoms with Gasteiger partial charge < -0.3 is 4.65 Å². The van der Waals surface area contributed by atoms with Crippen molar-refractivity contribution in [2.24, 2.45) is 0 Å². The van der Waals surface area contributed by atoms with Gasteiger partial charge in [-0.1, -0.05) is 121 Å². The van der Waals surface area contributed by atoms with Crippen LogP contribution in [-0.2, 0) is 0 Å². The number of hydrogen-bond donors (Lipinski definition) is 1. The van der Waals surface area contributed by atoms with Gasteiger partial charge in [0.1, 0.15) is 0 Å². The Labute approximate surface area is 178 Å².